The highest BCUT2D eigenvalue weighted by molar-refractivity contribution is 9.08. The Hall–Kier alpha value is -0.210. The smallest absolute Gasteiger partial charge is 0.140 e. The molecule has 1 aromatic rings. The predicted octanol–water partition coefficient (Wildman–Crippen LogP) is 3.55. The molecule has 0 spiro atoms. The maximum atomic E-state index is 5.92. The second-order valence-electron chi connectivity index (χ2n) is 2.50. The Labute approximate surface area is 85.8 Å². The molecule has 1 nitrogen and oxygen atoms in total. The summed E-state index contributed by atoms with van der Waals surface area (Å²) in [6.07, 6.45) is 0. The maximum Gasteiger partial charge on any atom is 0.140 e. The van der Waals surface area contributed by atoms with E-state index in [1.54, 1.807) is 7.11 Å². The van der Waals surface area contributed by atoms with Gasteiger partial charge in [-0.3, -0.25) is 0 Å². The van der Waals surface area contributed by atoms with Crippen LogP contribution in [0.3, 0.4) is 0 Å². The molecule has 0 amide bonds. The minimum absolute atomic E-state index is 0.666. The van der Waals surface area contributed by atoms with Crippen molar-refractivity contribution in [2.45, 2.75) is 12.3 Å². The lowest BCUT2D eigenvalue weighted by molar-refractivity contribution is 0.411. The third kappa shape index (κ3) is 1.75. The van der Waals surface area contributed by atoms with Gasteiger partial charge in [-0.25, -0.2) is 0 Å². The van der Waals surface area contributed by atoms with E-state index in [9.17, 15) is 0 Å². The molecule has 66 valence electrons. The molecule has 0 fully saturated rings. The van der Waals surface area contributed by atoms with Crippen LogP contribution in [0.15, 0.2) is 12.1 Å². The lowest BCUT2D eigenvalue weighted by Crippen LogP contribution is -1.92. The zero-order chi connectivity index (χ0) is 9.14. The van der Waals surface area contributed by atoms with Crippen LogP contribution in [0.25, 0.3) is 0 Å². The lowest BCUT2D eigenvalue weighted by atomic mass is 10.1. The third-order valence-corrected chi connectivity index (χ3v) is 2.72. The number of hydrogen-bond acceptors (Lipinski definition) is 1. The fourth-order valence-electron chi connectivity index (χ4n) is 1.09. The van der Waals surface area contributed by atoms with Crippen molar-refractivity contribution in [3.8, 4) is 5.75 Å². The minimum Gasteiger partial charge on any atom is -0.495 e. The van der Waals surface area contributed by atoms with Gasteiger partial charge in [-0.2, -0.15) is 0 Å². The quantitative estimate of drug-likeness (QED) is 0.728. The third-order valence-electron chi connectivity index (χ3n) is 1.82. The van der Waals surface area contributed by atoms with Gasteiger partial charge in [-0.15, -0.1) is 0 Å². The number of halogens is 2. The number of benzene rings is 1. The fourth-order valence-corrected chi connectivity index (χ4v) is 1.98. The summed E-state index contributed by atoms with van der Waals surface area (Å²) in [7, 11) is 1.63. The van der Waals surface area contributed by atoms with E-state index in [1.165, 1.54) is 5.56 Å². The van der Waals surface area contributed by atoms with Gasteiger partial charge in [-0.05, 0) is 24.1 Å². The zero-order valence-electron chi connectivity index (χ0n) is 7.03. The monoisotopic (exact) mass is 248 g/mol. The van der Waals surface area contributed by atoms with Crippen molar-refractivity contribution in [3.63, 3.8) is 0 Å². The average Bonchev–Trinajstić information content (AvgIpc) is 2.06. The van der Waals surface area contributed by atoms with Crippen LogP contribution >= 0.6 is 27.5 Å². The van der Waals surface area contributed by atoms with Crippen LogP contribution < -0.4 is 4.74 Å². The van der Waals surface area contributed by atoms with E-state index in [0.717, 1.165) is 16.6 Å². The molecule has 0 aliphatic rings. The van der Waals surface area contributed by atoms with Gasteiger partial charge in [0.25, 0.3) is 0 Å². The van der Waals surface area contributed by atoms with E-state index in [1.807, 2.05) is 19.1 Å². The van der Waals surface area contributed by atoms with E-state index in [4.69, 9.17) is 16.3 Å². The van der Waals surface area contributed by atoms with E-state index in [2.05, 4.69) is 15.9 Å². The first-order valence-electron chi connectivity index (χ1n) is 3.58. The molecule has 1 rings (SSSR count). The van der Waals surface area contributed by atoms with Crippen LogP contribution in [0.5, 0.6) is 5.75 Å². The summed E-state index contributed by atoms with van der Waals surface area (Å²) in [5.41, 5.74) is 2.30. The van der Waals surface area contributed by atoms with Crippen LogP contribution in [-0.4, -0.2) is 7.11 Å². The molecular formula is C9H10BrClO. The highest BCUT2D eigenvalue weighted by Crippen LogP contribution is 2.31. The summed E-state index contributed by atoms with van der Waals surface area (Å²) < 4.78 is 5.17. The molecule has 3 heteroatoms. The molecule has 0 N–H and O–H groups in total. The topological polar surface area (TPSA) is 9.23 Å². The van der Waals surface area contributed by atoms with Crippen molar-refractivity contribution in [2.24, 2.45) is 0 Å². The number of rotatable bonds is 2. The molecule has 0 unspecified atom stereocenters. The molecule has 0 saturated heterocycles. The first kappa shape index (κ1) is 9.87. The molecule has 0 radical (unpaired) electrons. The highest BCUT2D eigenvalue weighted by atomic mass is 79.9. The van der Waals surface area contributed by atoms with Crippen LogP contribution in [0.4, 0.5) is 0 Å². The summed E-state index contributed by atoms with van der Waals surface area (Å²) in [6.45, 7) is 2.00. The van der Waals surface area contributed by atoms with Gasteiger partial charge in [0.2, 0.25) is 0 Å². The van der Waals surface area contributed by atoms with E-state index < -0.39 is 0 Å². The van der Waals surface area contributed by atoms with Crippen LogP contribution in [0, 0.1) is 6.92 Å². The van der Waals surface area contributed by atoms with Crippen molar-refractivity contribution >= 4 is 27.5 Å². The zero-order valence-corrected chi connectivity index (χ0v) is 9.37. The van der Waals surface area contributed by atoms with Gasteiger partial charge in [0.1, 0.15) is 5.75 Å². The molecule has 0 heterocycles. The molecule has 12 heavy (non-hydrogen) atoms. The second-order valence-corrected chi connectivity index (χ2v) is 3.47. The highest BCUT2D eigenvalue weighted by Gasteiger charge is 2.07. The molecule has 1 aromatic carbocycles. The van der Waals surface area contributed by atoms with Gasteiger partial charge in [-0.1, -0.05) is 33.6 Å². The minimum atomic E-state index is 0.666. The van der Waals surface area contributed by atoms with E-state index >= 15 is 0 Å². The Balaban J connectivity index is 3.24. The summed E-state index contributed by atoms with van der Waals surface area (Å²) >= 11 is 9.32. The first-order chi connectivity index (χ1) is 5.70. The molecule has 0 aliphatic heterocycles. The van der Waals surface area contributed by atoms with Crippen molar-refractivity contribution < 1.29 is 4.74 Å². The lowest BCUT2D eigenvalue weighted by Gasteiger charge is -2.09. The summed E-state index contributed by atoms with van der Waals surface area (Å²) in [6, 6.07) is 3.85. The number of hydrogen-bond donors (Lipinski definition) is 0. The van der Waals surface area contributed by atoms with Crippen molar-refractivity contribution in [3.05, 3.63) is 28.3 Å². The number of ether oxygens (including phenoxy) is 1. The Kier molecular flexibility index (Phi) is 3.41. The van der Waals surface area contributed by atoms with Crippen molar-refractivity contribution in [1.29, 1.82) is 0 Å². The van der Waals surface area contributed by atoms with E-state index in [-0.39, 0.29) is 0 Å². The van der Waals surface area contributed by atoms with Crippen LogP contribution in [0.2, 0.25) is 5.02 Å². The first-order valence-corrected chi connectivity index (χ1v) is 5.08. The van der Waals surface area contributed by atoms with Gasteiger partial charge in [0, 0.05) is 5.33 Å². The molecule has 0 bridgehead atoms. The normalized spacial score (nSPS) is 10.0. The summed E-state index contributed by atoms with van der Waals surface area (Å²) in [5.74, 6) is 0.772. The van der Waals surface area contributed by atoms with Crippen LogP contribution in [0.1, 0.15) is 11.1 Å². The van der Waals surface area contributed by atoms with Gasteiger partial charge < -0.3 is 4.74 Å². The van der Waals surface area contributed by atoms with Gasteiger partial charge >= 0.3 is 0 Å². The fraction of sp³-hybridized carbons (Fsp3) is 0.333. The Morgan fingerprint density at radius 1 is 1.50 bits per heavy atom. The Morgan fingerprint density at radius 3 is 2.67 bits per heavy atom. The Morgan fingerprint density at radius 2 is 2.17 bits per heavy atom. The standard InChI is InChI=1S/C9H10BrClO/c1-6-7(5-10)3-4-8(11)9(6)12-2/h3-4H,5H2,1-2H3. The van der Waals surface area contributed by atoms with Crippen LogP contribution in [-0.2, 0) is 5.33 Å². The molecule has 0 saturated carbocycles. The molecule has 0 aromatic heterocycles. The summed E-state index contributed by atoms with van der Waals surface area (Å²) in [4.78, 5) is 0. The van der Waals surface area contributed by atoms with E-state index in [0.29, 0.717) is 5.02 Å². The largest absolute Gasteiger partial charge is 0.495 e. The second kappa shape index (κ2) is 4.15. The molecular weight excluding hydrogens is 239 g/mol. The van der Waals surface area contributed by atoms with Crippen molar-refractivity contribution in [1.82, 2.24) is 0 Å². The van der Waals surface area contributed by atoms with Gasteiger partial charge in [0.15, 0.2) is 0 Å². The number of alkyl halides is 1. The SMILES string of the molecule is COc1c(Cl)ccc(CBr)c1C. The molecule has 0 atom stereocenters. The predicted molar refractivity (Wildman–Crippen MR) is 55.4 cm³/mol. The molecule has 0 aliphatic carbocycles. The maximum absolute atomic E-state index is 5.92. The summed E-state index contributed by atoms with van der Waals surface area (Å²) in [5, 5.41) is 1.49. The Bertz CT molecular complexity index is 286. The van der Waals surface area contributed by atoms with Crippen molar-refractivity contribution in [2.75, 3.05) is 7.11 Å². The van der Waals surface area contributed by atoms with Gasteiger partial charge in [0.05, 0.1) is 12.1 Å². The average molecular weight is 250 g/mol. The number of methoxy groups -OCH3 is 1.